The molecular weight excluding hydrogens is 312 g/mol. The predicted octanol–water partition coefficient (Wildman–Crippen LogP) is 3.82. The Labute approximate surface area is 140 Å². The number of rotatable bonds is 1. The maximum Gasteiger partial charge on any atom is 0.243 e. The van der Waals surface area contributed by atoms with Crippen molar-refractivity contribution >= 4 is 40.7 Å². The number of benzene rings is 1. The fraction of sp³-hybridized carbons (Fsp3) is 0.412. The zero-order chi connectivity index (χ0) is 15.1. The first-order valence-corrected chi connectivity index (χ1v) is 9.12. The van der Waals surface area contributed by atoms with E-state index in [-0.39, 0.29) is 17.2 Å². The van der Waals surface area contributed by atoms with Crippen molar-refractivity contribution in [2.24, 2.45) is 5.92 Å². The van der Waals surface area contributed by atoms with Crippen molar-refractivity contribution in [1.82, 2.24) is 5.32 Å². The molecule has 0 radical (unpaired) electrons. The van der Waals surface area contributed by atoms with Gasteiger partial charge in [0, 0.05) is 0 Å². The summed E-state index contributed by atoms with van der Waals surface area (Å²) in [7, 11) is 0. The van der Waals surface area contributed by atoms with E-state index in [9.17, 15) is 4.79 Å². The van der Waals surface area contributed by atoms with E-state index in [4.69, 9.17) is 12.2 Å². The number of thioether (sulfide) groups is 1. The molecule has 2 unspecified atom stereocenters. The normalized spacial score (nSPS) is 28.1. The van der Waals surface area contributed by atoms with E-state index >= 15 is 0 Å². The van der Waals surface area contributed by atoms with Crippen LogP contribution in [0.1, 0.15) is 32.1 Å². The highest BCUT2D eigenvalue weighted by Crippen LogP contribution is 2.49. The minimum atomic E-state index is -0.0509. The number of hydrogen-bond acceptors (Lipinski definition) is 3. The fourth-order valence-corrected chi connectivity index (χ4v) is 5.52. The summed E-state index contributed by atoms with van der Waals surface area (Å²) in [6.07, 6.45) is 5.90. The van der Waals surface area contributed by atoms with Crippen molar-refractivity contribution in [3.8, 4) is 0 Å². The lowest BCUT2D eigenvalue weighted by molar-refractivity contribution is -0.121. The number of nitrogens with one attached hydrogen (secondary N) is 1. The second kappa shape index (κ2) is 5.70. The van der Waals surface area contributed by atoms with Crippen LogP contribution in [-0.4, -0.2) is 16.4 Å². The summed E-state index contributed by atoms with van der Waals surface area (Å²) in [5, 5.41) is 4.02. The molecule has 2 aliphatic heterocycles. The standard InChI is InChI=1S/C17H18N2OS2/c20-16-14-12-9-5-2-6-10-13(12)22-15(14)18-17(21)19(16)11-7-3-1-4-8-11/h1,3-4,7-8,14-15H,2,5-6,9-10H2,(H,18,21). The van der Waals surface area contributed by atoms with E-state index in [1.54, 1.807) is 4.90 Å². The molecule has 3 nitrogen and oxygen atoms in total. The molecule has 0 spiro atoms. The zero-order valence-corrected chi connectivity index (χ0v) is 13.9. The van der Waals surface area contributed by atoms with Crippen LogP contribution in [0.5, 0.6) is 0 Å². The first-order valence-electron chi connectivity index (χ1n) is 7.84. The third-order valence-corrected chi connectivity index (χ3v) is 6.32. The molecule has 5 heteroatoms. The first kappa shape index (κ1) is 14.3. The van der Waals surface area contributed by atoms with Gasteiger partial charge in [0.15, 0.2) is 5.11 Å². The molecule has 114 valence electrons. The molecule has 1 aromatic carbocycles. The van der Waals surface area contributed by atoms with Gasteiger partial charge < -0.3 is 5.32 Å². The van der Waals surface area contributed by atoms with Crippen LogP contribution in [-0.2, 0) is 4.79 Å². The van der Waals surface area contributed by atoms with Gasteiger partial charge in [-0.2, -0.15) is 0 Å². The maximum atomic E-state index is 13.1. The Morgan fingerprint density at radius 2 is 1.91 bits per heavy atom. The predicted molar refractivity (Wildman–Crippen MR) is 94.6 cm³/mol. The smallest absolute Gasteiger partial charge is 0.243 e. The number of para-hydroxylation sites is 1. The highest BCUT2D eigenvalue weighted by Gasteiger charge is 2.47. The van der Waals surface area contributed by atoms with Crippen LogP contribution >= 0.6 is 24.0 Å². The summed E-state index contributed by atoms with van der Waals surface area (Å²) in [5.41, 5.74) is 2.23. The van der Waals surface area contributed by atoms with E-state index in [0.29, 0.717) is 5.11 Å². The van der Waals surface area contributed by atoms with Gasteiger partial charge in [-0.25, -0.2) is 0 Å². The number of amides is 1. The molecule has 2 heterocycles. The summed E-state index contributed by atoms with van der Waals surface area (Å²) in [6, 6.07) is 9.72. The van der Waals surface area contributed by atoms with Gasteiger partial charge >= 0.3 is 0 Å². The quantitative estimate of drug-likeness (QED) is 0.794. The second-order valence-corrected chi connectivity index (χ2v) is 7.61. The summed E-state index contributed by atoms with van der Waals surface area (Å²) in [5.74, 6) is 0.0874. The lowest BCUT2D eigenvalue weighted by Crippen LogP contribution is -2.58. The number of fused-ring (bicyclic) bond motifs is 2. The Morgan fingerprint density at radius 3 is 2.73 bits per heavy atom. The van der Waals surface area contributed by atoms with Crippen molar-refractivity contribution in [1.29, 1.82) is 0 Å². The Hall–Kier alpha value is -1.33. The lowest BCUT2D eigenvalue weighted by Gasteiger charge is -2.36. The molecule has 1 fully saturated rings. The molecule has 0 aromatic heterocycles. The number of carbonyl (C=O) groups excluding carboxylic acids is 1. The average Bonchev–Trinajstić information content (AvgIpc) is 2.70. The molecule has 1 aromatic rings. The van der Waals surface area contributed by atoms with Gasteiger partial charge in [0.1, 0.15) is 0 Å². The van der Waals surface area contributed by atoms with Crippen LogP contribution in [0, 0.1) is 5.92 Å². The Kier molecular flexibility index (Phi) is 3.70. The molecule has 0 saturated carbocycles. The monoisotopic (exact) mass is 330 g/mol. The number of nitrogens with zero attached hydrogens (tertiary/aromatic N) is 1. The Bertz CT molecular complexity index is 656. The van der Waals surface area contributed by atoms with Gasteiger partial charge in [-0.05, 0) is 60.5 Å². The van der Waals surface area contributed by atoms with Crippen molar-refractivity contribution in [3.63, 3.8) is 0 Å². The molecule has 0 bridgehead atoms. The first-order chi connectivity index (χ1) is 10.8. The van der Waals surface area contributed by atoms with Gasteiger partial charge in [-0.1, -0.05) is 24.6 Å². The molecule has 1 saturated heterocycles. The molecule has 22 heavy (non-hydrogen) atoms. The number of thiocarbonyl (C=S) groups is 1. The largest absolute Gasteiger partial charge is 0.349 e. The molecule has 3 aliphatic rings. The van der Waals surface area contributed by atoms with Crippen LogP contribution in [0.25, 0.3) is 0 Å². The van der Waals surface area contributed by atoms with Crippen molar-refractivity contribution < 1.29 is 4.79 Å². The van der Waals surface area contributed by atoms with Crippen LogP contribution in [0.15, 0.2) is 40.8 Å². The van der Waals surface area contributed by atoms with E-state index in [1.807, 2.05) is 42.1 Å². The molecule has 1 N–H and O–H groups in total. The minimum absolute atomic E-state index is 0.0509. The third-order valence-electron chi connectivity index (χ3n) is 4.63. The molecule has 2 atom stereocenters. The lowest BCUT2D eigenvalue weighted by atomic mass is 9.92. The maximum absolute atomic E-state index is 13.1. The Balaban J connectivity index is 1.70. The summed E-state index contributed by atoms with van der Waals surface area (Å²) in [4.78, 5) is 16.3. The van der Waals surface area contributed by atoms with Gasteiger partial charge in [0.2, 0.25) is 5.91 Å². The van der Waals surface area contributed by atoms with E-state index < -0.39 is 0 Å². The Morgan fingerprint density at radius 1 is 1.14 bits per heavy atom. The number of anilines is 1. The second-order valence-electron chi connectivity index (χ2n) is 5.98. The van der Waals surface area contributed by atoms with Crippen molar-refractivity contribution in [2.45, 2.75) is 37.5 Å². The van der Waals surface area contributed by atoms with Crippen LogP contribution < -0.4 is 10.2 Å². The van der Waals surface area contributed by atoms with E-state index in [1.165, 1.54) is 29.7 Å². The van der Waals surface area contributed by atoms with Crippen molar-refractivity contribution in [2.75, 3.05) is 4.90 Å². The average molecular weight is 330 g/mol. The van der Waals surface area contributed by atoms with Crippen LogP contribution in [0.2, 0.25) is 0 Å². The highest BCUT2D eigenvalue weighted by molar-refractivity contribution is 8.04. The van der Waals surface area contributed by atoms with Gasteiger partial charge in [0.25, 0.3) is 0 Å². The number of allylic oxidation sites excluding steroid dienone is 1. The number of carbonyl (C=O) groups is 1. The molecule has 1 amide bonds. The summed E-state index contributed by atoms with van der Waals surface area (Å²) >= 11 is 7.29. The SMILES string of the molecule is O=C1C2C3=C(CCCCC3)SC2NC(=S)N1c1ccccc1. The van der Waals surface area contributed by atoms with Gasteiger partial charge in [0.05, 0.1) is 17.0 Å². The van der Waals surface area contributed by atoms with Gasteiger partial charge in [-0.3, -0.25) is 9.69 Å². The third kappa shape index (κ3) is 2.27. The molecule has 4 rings (SSSR count). The van der Waals surface area contributed by atoms with Crippen LogP contribution in [0.3, 0.4) is 0 Å². The molecular formula is C17H18N2OS2. The highest BCUT2D eigenvalue weighted by atomic mass is 32.2. The topological polar surface area (TPSA) is 32.3 Å². The van der Waals surface area contributed by atoms with Crippen LogP contribution in [0.4, 0.5) is 5.69 Å². The summed E-state index contributed by atoms with van der Waals surface area (Å²) < 4.78 is 0. The van der Waals surface area contributed by atoms with Crippen molar-refractivity contribution in [3.05, 3.63) is 40.8 Å². The fourth-order valence-electron chi connectivity index (χ4n) is 3.58. The van der Waals surface area contributed by atoms with Gasteiger partial charge in [-0.15, -0.1) is 11.8 Å². The minimum Gasteiger partial charge on any atom is -0.349 e. The summed E-state index contributed by atoms with van der Waals surface area (Å²) in [6.45, 7) is 0. The zero-order valence-electron chi connectivity index (χ0n) is 12.2. The molecule has 1 aliphatic carbocycles. The number of hydrogen-bond donors (Lipinski definition) is 1. The van der Waals surface area contributed by atoms with E-state index in [2.05, 4.69) is 5.32 Å². The van der Waals surface area contributed by atoms with E-state index in [0.717, 1.165) is 18.5 Å².